The van der Waals surface area contributed by atoms with Gasteiger partial charge in [-0.1, -0.05) is 30.3 Å². The van der Waals surface area contributed by atoms with E-state index in [2.05, 4.69) is 5.32 Å². The Labute approximate surface area is 148 Å². The Morgan fingerprint density at radius 1 is 1.04 bits per heavy atom. The number of ketones is 1. The Balaban J connectivity index is 3.22. The van der Waals surface area contributed by atoms with Gasteiger partial charge in [0.15, 0.2) is 5.78 Å². The zero-order valence-electron chi connectivity index (χ0n) is 15.1. The van der Waals surface area contributed by atoms with Crippen LogP contribution in [0, 0.1) is 5.92 Å². The van der Waals surface area contributed by atoms with E-state index in [4.69, 9.17) is 9.47 Å². The molecule has 0 saturated carbocycles. The average Bonchev–Trinajstić information content (AvgIpc) is 2.58. The molecule has 0 radical (unpaired) electrons. The third kappa shape index (κ3) is 6.06. The molecule has 0 aliphatic rings. The van der Waals surface area contributed by atoms with Crippen LogP contribution in [0.4, 0.5) is 0 Å². The van der Waals surface area contributed by atoms with Crippen LogP contribution in [0.5, 0.6) is 0 Å². The maximum Gasteiger partial charge on any atom is 0.343 e. The molecule has 0 aromatic heterocycles. The molecule has 1 unspecified atom stereocenters. The Morgan fingerprint density at radius 3 is 2.16 bits per heavy atom. The van der Waals surface area contributed by atoms with Gasteiger partial charge in [-0.3, -0.25) is 9.59 Å². The number of hydrogen-bond donors (Lipinski definition) is 1. The summed E-state index contributed by atoms with van der Waals surface area (Å²) in [5.41, 5.74) is 1.01. The van der Waals surface area contributed by atoms with Gasteiger partial charge in [-0.15, -0.1) is 0 Å². The highest BCUT2D eigenvalue weighted by Gasteiger charge is 2.29. The number of carbonyl (C=O) groups excluding carboxylic acids is 3. The smallest absolute Gasteiger partial charge is 0.343 e. The highest BCUT2D eigenvalue weighted by molar-refractivity contribution is 6.17. The minimum absolute atomic E-state index is 0.134. The first kappa shape index (κ1) is 20.4. The summed E-state index contributed by atoms with van der Waals surface area (Å²) in [7, 11) is 0. The van der Waals surface area contributed by atoms with Crippen LogP contribution in [0.3, 0.4) is 0 Å². The van der Waals surface area contributed by atoms with E-state index >= 15 is 0 Å². The molecule has 1 rings (SSSR count). The maximum absolute atomic E-state index is 12.2. The van der Waals surface area contributed by atoms with E-state index in [0.29, 0.717) is 6.54 Å². The van der Waals surface area contributed by atoms with Gasteiger partial charge in [-0.05, 0) is 33.3 Å². The van der Waals surface area contributed by atoms with Crippen LogP contribution in [0.2, 0.25) is 0 Å². The van der Waals surface area contributed by atoms with Gasteiger partial charge in [0.25, 0.3) is 0 Å². The van der Waals surface area contributed by atoms with E-state index in [9.17, 15) is 14.4 Å². The van der Waals surface area contributed by atoms with Gasteiger partial charge in [-0.2, -0.15) is 0 Å². The van der Waals surface area contributed by atoms with E-state index in [1.165, 1.54) is 6.92 Å². The molecule has 0 fully saturated rings. The van der Waals surface area contributed by atoms with Gasteiger partial charge in [-0.25, -0.2) is 4.79 Å². The maximum atomic E-state index is 12.2. The molecular weight excluding hydrogens is 322 g/mol. The minimum Gasteiger partial charge on any atom is -0.465 e. The zero-order chi connectivity index (χ0) is 18.8. The van der Waals surface area contributed by atoms with Gasteiger partial charge in [0.2, 0.25) is 0 Å². The molecule has 0 amide bonds. The summed E-state index contributed by atoms with van der Waals surface area (Å²) in [6.45, 7) is 6.92. The summed E-state index contributed by atoms with van der Waals surface area (Å²) in [4.78, 5) is 36.4. The lowest BCUT2D eigenvalue weighted by atomic mass is 9.99. The molecule has 1 atom stereocenters. The molecule has 136 valence electrons. The first-order valence-electron chi connectivity index (χ1n) is 8.28. The van der Waals surface area contributed by atoms with Crippen molar-refractivity contribution in [3.8, 4) is 0 Å². The van der Waals surface area contributed by atoms with Gasteiger partial charge in [0.1, 0.15) is 5.57 Å². The summed E-state index contributed by atoms with van der Waals surface area (Å²) in [5.74, 6) is -2.53. The summed E-state index contributed by atoms with van der Waals surface area (Å²) in [6, 6.07) is 9.45. The van der Waals surface area contributed by atoms with E-state index < -0.39 is 23.6 Å². The number of benzene rings is 1. The largest absolute Gasteiger partial charge is 0.465 e. The first-order valence-corrected chi connectivity index (χ1v) is 8.28. The number of rotatable bonds is 9. The second-order valence-corrected chi connectivity index (χ2v) is 5.38. The third-order valence-corrected chi connectivity index (χ3v) is 3.50. The van der Waals surface area contributed by atoms with Crippen LogP contribution in [0.15, 0.2) is 41.6 Å². The summed E-state index contributed by atoms with van der Waals surface area (Å²) >= 11 is 0. The number of carbonyl (C=O) groups is 3. The fourth-order valence-corrected chi connectivity index (χ4v) is 2.28. The number of nitrogens with one attached hydrogen (secondary N) is 1. The van der Waals surface area contributed by atoms with E-state index in [1.807, 2.05) is 30.3 Å². The monoisotopic (exact) mass is 347 g/mol. The second kappa shape index (κ2) is 10.3. The fourth-order valence-electron chi connectivity index (χ4n) is 2.28. The second-order valence-electron chi connectivity index (χ2n) is 5.38. The fraction of sp³-hybridized carbons (Fsp3) is 0.421. The Morgan fingerprint density at radius 2 is 1.64 bits per heavy atom. The number of hydrogen-bond acceptors (Lipinski definition) is 6. The van der Waals surface area contributed by atoms with Crippen molar-refractivity contribution in [3.63, 3.8) is 0 Å². The minimum atomic E-state index is -0.799. The molecule has 0 spiro atoms. The van der Waals surface area contributed by atoms with Gasteiger partial charge < -0.3 is 14.8 Å². The summed E-state index contributed by atoms with van der Waals surface area (Å²) < 4.78 is 10.0. The van der Waals surface area contributed by atoms with Gasteiger partial charge in [0, 0.05) is 12.2 Å². The molecule has 1 aromatic rings. The van der Waals surface area contributed by atoms with Crippen LogP contribution in [-0.4, -0.2) is 30.9 Å². The molecular formula is C19H25NO5. The standard InChI is InChI=1S/C19H25NO5/c1-5-24-18(22)13(3)17(16(14(4)21)19(23)25-6-2)20-12-15-10-8-7-9-11-15/h7-11,13,20H,5-6,12H2,1-4H3. The molecule has 0 aliphatic heterocycles. The predicted octanol–water partition coefficient (Wildman–Crippen LogP) is 2.38. The lowest BCUT2D eigenvalue weighted by Crippen LogP contribution is -2.31. The lowest BCUT2D eigenvalue weighted by Gasteiger charge is -2.20. The molecule has 25 heavy (non-hydrogen) atoms. The Kier molecular flexibility index (Phi) is 8.39. The highest BCUT2D eigenvalue weighted by Crippen LogP contribution is 2.18. The Bertz CT molecular complexity index is 636. The molecule has 0 bridgehead atoms. The first-order chi connectivity index (χ1) is 11.9. The molecule has 0 aliphatic carbocycles. The van der Waals surface area contributed by atoms with Crippen LogP contribution in [0.25, 0.3) is 0 Å². The molecule has 0 saturated heterocycles. The van der Waals surface area contributed by atoms with Gasteiger partial charge >= 0.3 is 11.9 Å². The van der Waals surface area contributed by atoms with Crippen molar-refractivity contribution in [3.05, 3.63) is 47.2 Å². The van der Waals surface area contributed by atoms with Crippen LogP contribution >= 0.6 is 0 Å². The summed E-state index contributed by atoms with van der Waals surface area (Å²) in [6.07, 6.45) is 0. The Hall–Kier alpha value is -2.63. The summed E-state index contributed by atoms with van der Waals surface area (Å²) in [5, 5.41) is 3.05. The quantitative estimate of drug-likeness (QED) is 0.320. The highest BCUT2D eigenvalue weighted by atomic mass is 16.5. The number of ether oxygens (including phenoxy) is 2. The SMILES string of the molecule is CCOC(=O)C(C(C)=O)=C(NCc1ccccc1)C(C)C(=O)OCC. The topological polar surface area (TPSA) is 81.7 Å². The average molecular weight is 347 g/mol. The predicted molar refractivity (Wildman–Crippen MR) is 93.4 cm³/mol. The van der Waals surface area contributed by atoms with E-state index in [1.54, 1.807) is 20.8 Å². The molecule has 0 heterocycles. The van der Waals surface area contributed by atoms with Crippen molar-refractivity contribution in [1.29, 1.82) is 0 Å². The van der Waals surface area contributed by atoms with Crippen molar-refractivity contribution in [2.24, 2.45) is 5.92 Å². The van der Waals surface area contributed by atoms with Crippen molar-refractivity contribution in [2.75, 3.05) is 13.2 Å². The normalized spacial score (nSPS) is 12.6. The van der Waals surface area contributed by atoms with E-state index in [0.717, 1.165) is 5.56 Å². The number of esters is 2. The van der Waals surface area contributed by atoms with Crippen molar-refractivity contribution >= 4 is 17.7 Å². The molecule has 6 heteroatoms. The van der Waals surface area contributed by atoms with Crippen molar-refractivity contribution in [1.82, 2.24) is 5.32 Å². The third-order valence-electron chi connectivity index (χ3n) is 3.50. The van der Waals surface area contributed by atoms with Gasteiger partial charge in [0.05, 0.1) is 19.1 Å². The molecule has 1 N–H and O–H groups in total. The molecule has 1 aromatic carbocycles. The number of Topliss-reactive ketones (excluding diaryl/α,β-unsaturated/α-hetero) is 1. The van der Waals surface area contributed by atoms with Crippen LogP contribution in [0.1, 0.15) is 33.3 Å². The van der Waals surface area contributed by atoms with Crippen molar-refractivity contribution in [2.45, 2.75) is 34.2 Å². The van der Waals surface area contributed by atoms with Crippen LogP contribution in [-0.2, 0) is 30.4 Å². The molecule has 6 nitrogen and oxygen atoms in total. The van der Waals surface area contributed by atoms with E-state index in [-0.39, 0.29) is 24.5 Å². The van der Waals surface area contributed by atoms with Crippen LogP contribution < -0.4 is 5.32 Å². The lowest BCUT2D eigenvalue weighted by molar-refractivity contribution is -0.146. The van der Waals surface area contributed by atoms with Crippen molar-refractivity contribution < 1.29 is 23.9 Å². The zero-order valence-corrected chi connectivity index (χ0v) is 15.1.